The van der Waals surface area contributed by atoms with Gasteiger partial charge in [-0.2, -0.15) is 0 Å². The van der Waals surface area contributed by atoms with E-state index in [1.165, 1.54) is 0 Å². The minimum absolute atomic E-state index is 0.392. The maximum absolute atomic E-state index is 5.68. The fourth-order valence-corrected chi connectivity index (χ4v) is 2.46. The Hall–Kier alpha value is -0.300. The first kappa shape index (κ1) is 13.1. The van der Waals surface area contributed by atoms with E-state index in [0.29, 0.717) is 17.9 Å². The third-order valence-electron chi connectivity index (χ3n) is 3.16. The Morgan fingerprint density at radius 1 is 1.47 bits per heavy atom. The number of halogens is 1. The zero-order valence-electron chi connectivity index (χ0n) is 9.88. The number of methoxy groups -OCH3 is 1. The maximum Gasteiger partial charge on any atom is 0.144 e. The van der Waals surface area contributed by atoms with Crippen LogP contribution in [0.4, 0.5) is 0 Å². The summed E-state index contributed by atoms with van der Waals surface area (Å²) in [5.41, 5.74) is 0.583. The second-order valence-electron chi connectivity index (χ2n) is 4.14. The molecule has 0 spiro atoms. The van der Waals surface area contributed by atoms with Crippen molar-refractivity contribution in [1.82, 2.24) is 9.97 Å². The molecule has 0 radical (unpaired) electrons. The fraction of sp³-hybridized carbons (Fsp3) is 0.636. The highest BCUT2D eigenvalue weighted by atomic mass is 79.9. The van der Waals surface area contributed by atoms with Gasteiger partial charge in [0, 0.05) is 38.9 Å². The van der Waals surface area contributed by atoms with Crippen LogP contribution in [0.15, 0.2) is 4.47 Å². The number of hydrogen-bond donors (Lipinski definition) is 1. The Bertz CT molecular complexity index is 469. The van der Waals surface area contributed by atoms with E-state index in [4.69, 9.17) is 21.7 Å². The minimum atomic E-state index is -0.392. The molecule has 6 heteroatoms. The Labute approximate surface area is 114 Å². The minimum Gasteiger partial charge on any atom is -0.381 e. The van der Waals surface area contributed by atoms with Crippen molar-refractivity contribution in [2.45, 2.75) is 25.4 Å². The van der Waals surface area contributed by atoms with E-state index >= 15 is 0 Å². The molecule has 0 aliphatic carbocycles. The van der Waals surface area contributed by atoms with E-state index in [1.807, 2.05) is 6.92 Å². The Kier molecular flexibility index (Phi) is 3.97. The van der Waals surface area contributed by atoms with Gasteiger partial charge in [0.25, 0.3) is 0 Å². The Balaban J connectivity index is 2.47. The van der Waals surface area contributed by atoms with Crippen LogP contribution in [-0.2, 0) is 15.1 Å². The molecule has 1 saturated heterocycles. The van der Waals surface area contributed by atoms with Crippen molar-refractivity contribution in [3.63, 3.8) is 0 Å². The molecule has 94 valence electrons. The molecule has 0 atom stereocenters. The maximum atomic E-state index is 5.68. The molecule has 1 fully saturated rings. The molecule has 0 saturated carbocycles. The van der Waals surface area contributed by atoms with Crippen molar-refractivity contribution in [3.8, 4) is 0 Å². The summed E-state index contributed by atoms with van der Waals surface area (Å²) >= 11 is 8.64. The van der Waals surface area contributed by atoms with E-state index in [-0.39, 0.29) is 0 Å². The molecule has 1 aliphatic heterocycles. The number of hydrogen-bond acceptors (Lipinski definition) is 4. The van der Waals surface area contributed by atoms with Gasteiger partial charge in [-0.05, 0) is 22.9 Å². The van der Waals surface area contributed by atoms with Crippen LogP contribution in [0.1, 0.15) is 24.4 Å². The summed E-state index contributed by atoms with van der Waals surface area (Å²) in [7, 11) is 1.71. The zero-order valence-corrected chi connectivity index (χ0v) is 12.3. The molecular formula is C11H15BrN2O2S. The summed E-state index contributed by atoms with van der Waals surface area (Å²) in [5.74, 6) is 0.800. The smallest absolute Gasteiger partial charge is 0.144 e. The molecule has 1 N–H and O–H groups in total. The summed E-state index contributed by atoms with van der Waals surface area (Å²) in [6, 6.07) is 0. The monoisotopic (exact) mass is 318 g/mol. The summed E-state index contributed by atoms with van der Waals surface area (Å²) < 4.78 is 12.5. The first-order valence-electron chi connectivity index (χ1n) is 5.49. The fourth-order valence-electron chi connectivity index (χ4n) is 2.03. The third kappa shape index (κ3) is 2.45. The second kappa shape index (κ2) is 5.14. The van der Waals surface area contributed by atoms with Crippen LogP contribution in [0.3, 0.4) is 0 Å². The summed E-state index contributed by atoms with van der Waals surface area (Å²) in [6.45, 7) is 3.34. The van der Waals surface area contributed by atoms with Gasteiger partial charge < -0.3 is 14.5 Å². The number of nitrogens with zero attached hydrogens (tertiary/aromatic N) is 1. The van der Waals surface area contributed by atoms with Crippen LogP contribution in [0.2, 0.25) is 0 Å². The van der Waals surface area contributed by atoms with Crippen LogP contribution in [0.25, 0.3) is 0 Å². The van der Waals surface area contributed by atoms with Crippen LogP contribution in [0.5, 0.6) is 0 Å². The Morgan fingerprint density at radius 3 is 2.65 bits per heavy atom. The molecule has 1 aromatic heterocycles. The summed E-state index contributed by atoms with van der Waals surface area (Å²) in [4.78, 5) is 7.70. The molecule has 2 rings (SSSR count). The van der Waals surface area contributed by atoms with Gasteiger partial charge in [0.15, 0.2) is 0 Å². The average Bonchev–Trinajstić information content (AvgIpc) is 2.36. The average molecular weight is 319 g/mol. The molecule has 0 aromatic carbocycles. The lowest BCUT2D eigenvalue weighted by Crippen LogP contribution is -2.37. The first-order chi connectivity index (χ1) is 8.09. The van der Waals surface area contributed by atoms with Gasteiger partial charge in [-0.3, -0.25) is 0 Å². The second-order valence-corrected chi connectivity index (χ2v) is 5.32. The van der Waals surface area contributed by atoms with Crippen molar-refractivity contribution in [3.05, 3.63) is 20.6 Å². The van der Waals surface area contributed by atoms with Crippen LogP contribution < -0.4 is 0 Å². The standard InChI is InChI=1S/C11H15BrN2O2S/c1-7-8(12)9(17)14-10(13-7)11(15-2)3-5-16-6-4-11/h3-6H2,1-2H3,(H,13,14,17). The highest BCUT2D eigenvalue weighted by Gasteiger charge is 2.37. The van der Waals surface area contributed by atoms with Gasteiger partial charge in [0.1, 0.15) is 16.1 Å². The van der Waals surface area contributed by atoms with Crippen LogP contribution in [0, 0.1) is 11.6 Å². The number of nitrogens with one attached hydrogen (secondary N) is 1. The van der Waals surface area contributed by atoms with E-state index in [0.717, 1.165) is 28.8 Å². The lowest BCUT2D eigenvalue weighted by atomic mass is 9.93. The number of ether oxygens (including phenoxy) is 2. The number of aromatic amines is 1. The van der Waals surface area contributed by atoms with E-state index in [9.17, 15) is 0 Å². The van der Waals surface area contributed by atoms with E-state index in [2.05, 4.69) is 25.9 Å². The van der Waals surface area contributed by atoms with Gasteiger partial charge in [-0.25, -0.2) is 4.98 Å². The quantitative estimate of drug-likeness (QED) is 0.852. The summed E-state index contributed by atoms with van der Waals surface area (Å²) in [6.07, 6.45) is 1.59. The van der Waals surface area contributed by atoms with Crippen LogP contribution in [-0.4, -0.2) is 30.3 Å². The zero-order chi connectivity index (χ0) is 12.5. The van der Waals surface area contributed by atoms with Gasteiger partial charge in [0.05, 0.1) is 4.47 Å². The lowest BCUT2D eigenvalue weighted by Gasteiger charge is -2.35. The normalized spacial score (nSPS) is 19.2. The predicted molar refractivity (Wildman–Crippen MR) is 70.6 cm³/mol. The van der Waals surface area contributed by atoms with Crippen molar-refractivity contribution in [1.29, 1.82) is 0 Å². The van der Waals surface area contributed by atoms with E-state index < -0.39 is 5.60 Å². The number of H-pyrrole nitrogens is 1. The number of rotatable bonds is 2. The van der Waals surface area contributed by atoms with Crippen molar-refractivity contribution in [2.24, 2.45) is 0 Å². The molecular weight excluding hydrogens is 304 g/mol. The van der Waals surface area contributed by atoms with Crippen molar-refractivity contribution in [2.75, 3.05) is 20.3 Å². The molecule has 0 bridgehead atoms. The van der Waals surface area contributed by atoms with Gasteiger partial charge >= 0.3 is 0 Å². The third-order valence-corrected chi connectivity index (χ3v) is 4.69. The number of aromatic nitrogens is 2. The van der Waals surface area contributed by atoms with Crippen LogP contribution >= 0.6 is 28.1 Å². The molecule has 4 nitrogen and oxygen atoms in total. The van der Waals surface area contributed by atoms with Gasteiger partial charge in [0.2, 0.25) is 0 Å². The molecule has 17 heavy (non-hydrogen) atoms. The highest BCUT2D eigenvalue weighted by Crippen LogP contribution is 2.34. The SMILES string of the molecule is COC1(c2nc(=S)c(Br)c(C)[nH]2)CCOCC1. The largest absolute Gasteiger partial charge is 0.381 e. The topological polar surface area (TPSA) is 47.1 Å². The molecule has 0 amide bonds. The lowest BCUT2D eigenvalue weighted by molar-refractivity contribution is -0.100. The molecule has 0 unspecified atom stereocenters. The predicted octanol–water partition coefficient (Wildman–Crippen LogP) is 2.86. The van der Waals surface area contributed by atoms with E-state index in [1.54, 1.807) is 7.11 Å². The molecule has 1 aromatic rings. The van der Waals surface area contributed by atoms with Gasteiger partial charge in [-0.1, -0.05) is 12.2 Å². The Morgan fingerprint density at radius 2 is 2.12 bits per heavy atom. The molecule has 1 aliphatic rings. The molecule has 2 heterocycles. The van der Waals surface area contributed by atoms with Crippen molar-refractivity contribution < 1.29 is 9.47 Å². The van der Waals surface area contributed by atoms with Gasteiger partial charge in [-0.15, -0.1) is 0 Å². The summed E-state index contributed by atoms with van der Waals surface area (Å²) in [5, 5.41) is 0. The highest BCUT2D eigenvalue weighted by molar-refractivity contribution is 9.10. The number of aryl methyl sites for hydroxylation is 1. The van der Waals surface area contributed by atoms with Crippen molar-refractivity contribution >= 4 is 28.1 Å². The first-order valence-corrected chi connectivity index (χ1v) is 6.69.